The molecule has 0 spiro atoms. The minimum Gasteiger partial charge on any atom is -0.460 e. The second-order valence-corrected chi connectivity index (χ2v) is 12.6. The molecule has 200 valence electrons. The predicted molar refractivity (Wildman–Crippen MR) is 141 cm³/mol. The molecule has 0 aromatic carbocycles. The summed E-state index contributed by atoms with van der Waals surface area (Å²) >= 11 is 0. The average molecular weight is 490 g/mol. The summed E-state index contributed by atoms with van der Waals surface area (Å²) in [5.74, 6) is 3.69. The molecule has 5 heteroatoms. The maximum atomic E-state index is 12.8. The number of hydrogen-bond acceptors (Lipinski definition) is 5. The Kier molecular flexibility index (Phi) is 10.7. The fraction of sp³-hybridized carbons (Fsp3) is 0.867. The summed E-state index contributed by atoms with van der Waals surface area (Å²) in [4.78, 5) is 12.8. The summed E-state index contributed by atoms with van der Waals surface area (Å²) in [6, 6.07) is 0. The first-order valence-electron chi connectivity index (χ1n) is 14.5. The van der Waals surface area contributed by atoms with Crippen LogP contribution in [0, 0.1) is 11.8 Å². The fourth-order valence-corrected chi connectivity index (χ4v) is 5.72. The molecule has 1 heterocycles. The Morgan fingerprint density at radius 3 is 2.29 bits per heavy atom. The van der Waals surface area contributed by atoms with Gasteiger partial charge in [0.05, 0.1) is 12.1 Å². The largest absolute Gasteiger partial charge is 0.460 e. The zero-order chi connectivity index (χ0) is 25.4. The van der Waals surface area contributed by atoms with Gasteiger partial charge in [0.25, 0.3) is 0 Å². The highest BCUT2D eigenvalue weighted by atomic mass is 16.6. The molecule has 35 heavy (non-hydrogen) atoms. The van der Waals surface area contributed by atoms with Crippen LogP contribution in [0.2, 0.25) is 0 Å². The highest BCUT2D eigenvalue weighted by Crippen LogP contribution is 2.50. The van der Waals surface area contributed by atoms with Gasteiger partial charge in [-0.1, -0.05) is 32.3 Å². The number of carbonyl (C=O) groups excluding carboxylic acids is 1. The number of hydrogen-bond donors (Lipinski definition) is 0. The molecule has 2 aliphatic carbocycles. The third kappa shape index (κ3) is 9.22. The molecule has 0 amide bonds. The van der Waals surface area contributed by atoms with Crippen molar-refractivity contribution in [2.75, 3.05) is 13.2 Å². The first kappa shape index (κ1) is 28.2. The van der Waals surface area contributed by atoms with Crippen molar-refractivity contribution >= 4 is 5.97 Å². The summed E-state index contributed by atoms with van der Waals surface area (Å²) in [6.45, 7) is 14.2. The quantitative estimate of drug-likeness (QED) is 0.194. The summed E-state index contributed by atoms with van der Waals surface area (Å²) in [7, 11) is 0. The molecule has 1 atom stereocenters. The first-order chi connectivity index (χ1) is 16.7. The molecule has 0 radical (unpaired) electrons. The number of rotatable bonds is 14. The Morgan fingerprint density at radius 1 is 1.03 bits per heavy atom. The van der Waals surface area contributed by atoms with Gasteiger partial charge >= 0.3 is 5.97 Å². The normalized spacial score (nSPS) is 21.9. The summed E-state index contributed by atoms with van der Waals surface area (Å²) in [5.41, 5.74) is 1.90. The van der Waals surface area contributed by atoms with Gasteiger partial charge in [0.2, 0.25) is 0 Å². The second kappa shape index (κ2) is 13.3. The lowest BCUT2D eigenvalue weighted by molar-refractivity contribution is -0.155. The van der Waals surface area contributed by atoms with Crippen molar-refractivity contribution in [3.63, 3.8) is 0 Å². The van der Waals surface area contributed by atoms with Crippen LogP contribution in [0.5, 0.6) is 0 Å². The Morgan fingerprint density at radius 2 is 1.69 bits per heavy atom. The lowest BCUT2D eigenvalue weighted by atomic mass is 9.76. The summed E-state index contributed by atoms with van der Waals surface area (Å²) in [6.07, 6.45) is 13.1. The van der Waals surface area contributed by atoms with Gasteiger partial charge in [-0.3, -0.25) is 4.79 Å². The molecular formula is C30H51NO4. The van der Waals surface area contributed by atoms with Gasteiger partial charge in [-0.25, -0.2) is 0 Å². The van der Waals surface area contributed by atoms with Gasteiger partial charge in [0.1, 0.15) is 11.4 Å². The van der Waals surface area contributed by atoms with E-state index in [1.165, 1.54) is 50.5 Å². The van der Waals surface area contributed by atoms with Crippen molar-refractivity contribution in [3.8, 4) is 0 Å². The van der Waals surface area contributed by atoms with E-state index in [9.17, 15) is 4.79 Å². The number of esters is 1. The molecule has 0 aliphatic heterocycles. The van der Waals surface area contributed by atoms with Crippen LogP contribution in [-0.4, -0.2) is 29.9 Å². The third-order valence-electron chi connectivity index (χ3n) is 7.49. The van der Waals surface area contributed by atoms with Gasteiger partial charge < -0.3 is 14.0 Å². The average Bonchev–Trinajstić information content (AvgIpc) is 3.52. The Balaban J connectivity index is 1.72. The number of aromatic nitrogens is 1. The number of nitrogens with zero attached hydrogens (tertiary/aromatic N) is 1. The van der Waals surface area contributed by atoms with E-state index < -0.39 is 5.60 Å². The van der Waals surface area contributed by atoms with Crippen molar-refractivity contribution in [1.82, 2.24) is 5.16 Å². The van der Waals surface area contributed by atoms with Gasteiger partial charge in [0, 0.05) is 30.6 Å². The van der Waals surface area contributed by atoms with E-state index >= 15 is 0 Å². The number of carbonyl (C=O) groups is 1. The second-order valence-electron chi connectivity index (χ2n) is 12.6. The molecule has 1 aromatic heterocycles. The van der Waals surface area contributed by atoms with E-state index in [1.807, 2.05) is 20.8 Å². The van der Waals surface area contributed by atoms with E-state index in [0.29, 0.717) is 18.3 Å². The minimum absolute atomic E-state index is 0.0324. The predicted octanol–water partition coefficient (Wildman–Crippen LogP) is 8.28. The van der Waals surface area contributed by atoms with E-state index in [0.717, 1.165) is 62.2 Å². The van der Waals surface area contributed by atoms with Crippen LogP contribution >= 0.6 is 0 Å². The molecule has 1 unspecified atom stereocenters. The summed E-state index contributed by atoms with van der Waals surface area (Å²) in [5, 5.41) is 4.67. The molecule has 2 fully saturated rings. The van der Waals surface area contributed by atoms with Gasteiger partial charge in [-0.2, -0.15) is 0 Å². The van der Waals surface area contributed by atoms with Gasteiger partial charge in [-0.05, 0) is 103 Å². The molecule has 0 N–H and O–H groups in total. The Hall–Kier alpha value is -1.36. The fourth-order valence-electron chi connectivity index (χ4n) is 5.72. The topological polar surface area (TPSA) is 61.6 Å². The molecule has 3 rings (SSSR count). The highest BCUT2D eigenvalue weighted by Gasteiger charge is 2.39. The number of ether oxygens (including phenoxy) is 2. The lowest BCUT2D eigenvalue weighted by Crippen LogP contribution is -2.25. The smallest absolute Gasteiger partial charge is 0.306 e. The lowest BCUT2D eigenvalue weighted by Gasteiger charge is -2.28. The van der Waals surface area contributed by atoms with Crippen molar-refractivity contribution < 1.29 is 18.8 Å². The monoisotopic (exact) mass is 489 g/mol. The SMILES string of the molecule is CCCCOCCCC(CC(=O)OC(C)(C)C)c1noc([C@H]2CC[C@@H](CC(C)C)CC2)c1C1CC1. The van der Waals surface area contributed by atoms with E-state index in [1.54, 1.807) is 0 Å². The van der Waals surface area contributed by atoms with E-state index in [2.05, 4.69) is 25.9 Å². The zero-order valence-electron chi connectivity index (χ0n) is 23.4. The van der Waals surface area contributed by atoms with Crippen LogP contribution in [0.3, 0.4) is 0 Å². The van der Waals surface area contributed by atoms with Crippen LogP contribution in [-0.2, 0) is 14.3 Å². The maximum absolute atomic E-state index is 12.8. The van der Waals surface area contributed by atoms with Crippen LogP contribution in [0.25, 0.3) is 0 Å². The molecule has 5 nitrogen and oxygen atoms in total. The molecule has 2 aliphatic rings. The van der Waals surface area contributed by atoms with Crippen molar-refractivity contribution in [1.29, 1.82) is 0 Å². The van der Waals surface area contributed by atoms with Crippen LogP contribution in [0.1, 0.15) is 153 Å². The molecule has 1 aromatic rings. The minimum atomic E-state index is -0.478. The Bertz CT molecular complexity index is 766. The maximum Gasteiger partial charge on any atom is 0.306 e. The standard InChI is InChI=1S/C30H51NO4/c1-7-8-17-33-18-9-10-25(20-26(32)34-30(4,5)6)28-27(23-15-16-23)29(35-31-28)24-13-11-22(12-14-24)19-21(2)3/h21-25H,7-20H2,1-6H3/t22-,24+,25?. The first-order valence-corrected chi connectivity index (χ1v) is 14.5. The van der Waals surface area contributed by atoms with Crippen molar-refractivity contribution in [2.24, 2.45) is 11.8 Å². The molecular weight excluding hydrogens is 438 g/mol. The van der Waals surface area contributed by atoms with Gasteiger partial charge in [-0.15, -0.1) is 0 Å². The van der Waals surface area contributed by atoms with Crippen LogP contribution in [0.15, 0.2) is 4.52 Å². The Labute approximate surface area is 214 Å². The van der Waals surface area contributed by atoms with Crippen LogP contribution < -0.4 is 0 Å². The highest BCUT2D eigenvalue weighted by molar-refractivity contribution is 5.71. The summed E-state index contributed by atoms with van der Waals surface area (Å²) < 4.78 is 17.7. The number of unbranched alkanes of at least 4 members (excludes halogenated alkanes) is 1. The van der Waals surface area contributed by atoms with Crippen molar-refractivity contribution in [3.05, 3.63) is 17.0 Å². The molecule has 0 bridgehead atoms. The molecule has 2 saturated carbocycles. The third-order valence-corrected chi connectivity index (χ3v) is 7.49. The zero-order valence-corrected chi connectivity index (χ0v) is 23.4. The van der Waals surface area contributed by atoms with Gasteiger partial charge in [0.15, 0.2) is 0 Å². The van der Waals surface area contributed by atoms with Crippen molar-refractivity contribution in [2.45, 2.75) is 142 Å². The van der Waals surface area contributed by atoms with Crippen LogP contribution in [0.4, 0.5) is 0 Å². The molecule has 0 saturated heterocycles. The van der Waals surface area contributed by atoms with E-state index in [4.69, 9.17) is 14.0 Å². The van der Waals surface area contributed by atoms with E-state index in [-0.39, 0.29) is 11.9 Å².